The molecule has 0 unspecified atom stereocenters. The van der Waals surface area contributed by atoms with Crippen LogP contribution in [0.2, 0.25) is 0 Å². The maximum atomic E-state index is 12.1. The van der Waals surface area contributed by atoms with E-state index >= 15 is 0 Å². The first-order valence-electron chi connectivity index (χ1n) is 4.79. The van der Waals surface area contributed by atoms with E-state index in [-0.39, 0.29) is 19.0 Å². The first kappa shape index (κ1) is 14.1. The fourth-order valence-electron chi connectivity index (χ4n) is 1.21. The normalized spacial score (nSPS) is 10.2. The van der Waals surface area contributed by atoms with Gasteiger partial charge in [0.25, 0.3) is 5.91 Å². The summed E-state index contributed by atoms with van der Waals surface area (Å²) in [6.07, 6.45) is 0. The summed E-state index contributed by atoms with van der Waals surface area (Å²) in [5.41, 5.74) is 0. The van der Waals surface area contributed by atoms with Crippen molar-refractivity contribution >= 4 is 39.1 Å². The molecule has 0 aliphatic rings. The lowest BCUT2D eigenvalue weighted by molar-refractivity contribution is -0.137. The molecule has 1 amide bonds. The predicted molar refractivity (Wildman–Crippen MR) is 67.4 cm³/mol. The molecule has 0 aliphatic heterocycles. The average molecular weight is 322 g/mol. The van der Waals surface area contributed by atoms with Crippen LogP contribution in [0.25, 0.3) is 0 Å². The number of amides is 1. The van der Waals surface area contributed by atoms with Crippen LogP contribution in [0, 0.1) is 0 Å². The minimum Gasteiger partial charge on any atom is -0.480 e. The monoisotopic (exact) mass is 321 g/mol. The van der Waals surface area contributed by atoms with Gasteiger partial charge < -0.3 is 14.7 Å². The molecule has 17 heavy (non-hydrogen) atoms. The first-order valence-corrected chi connectivity index (χ1v) is 6.46. The third kappa shape index (κ3) is 4.10. The highest BCUT2D eigenvalue weighted by molar-refractivity contribution is 9.10. The highest BCUT2D eigenvalue weighted by atomic mass is 79.9. The summed E-state index contributed by atoms with van der Waals surface area (Å²) in [4.78, 5) is 24.5. The van der Waals surface area contributed by atoms with Crippen molar-refractivity contribution in [2.24, 2.45) is 0 Å². The molecule has 1 rings (SSSR count). The van der Waals surface area contributed by atoms with Gasteiger partial charge >= 0.3 is 5.97 Å². The van der Waals surface area contributed by atoms with Crippen molar-refractivity contribution in [3.63, 3.8) is 0 Å². The topological polar surface area (TPSA) is 66.8 Å². The molecule has 0 saturated heterocycles. The third-order valence-electron chi connectivity index (χ3n) is 1.99. The molecule has 1 N–H and O–H groups in total. The Hall–Kier alpha value is -0.920. The van der Waals surface area contributed by atoms with Crippen LogP contribution < -0.4 is 0 Å². The van der Waals surface area contributed by atoms with Gasteiger partial charge in [-0.2, -0.15) is 0 Å². The molecule has 1 aromatic rings. The second kappa shape index (κ2) is 6.73. The molecule has 5 nitrogen and oxygen atoms in total. The number of thiophene rings is 1. The minimum absolute atomic E-state index is 0.256. The van der Waals surface area contributed by atoms with Crippen molar-refractivity contribution in [2.45, 2.75) is 0 Å². The van der Waals surface area contributed by atoms with Gasteiger partial charge in [0.1, 0.15) is 11.4 Å². The van der Waals surface area contributed by atoms with Crippen LogP contribution in [0.15, 0.2) is 15.9 Å². The van der Waals surface area contributed by atoms with Gasteiger partial charge in [-0.1, -0.05) is 0 Å². The van der Waals surface area contributed by atoms with Gasteiger partial charge in [-0.3, -0.25) is 9.59 Å². The molecule has 1 aromatic heterocycles. The largest absolute Gasteiger partial charge is 0.480 e. The van der Waals surface area contributed by atoms with Crippen molar-refractivity contribution in [1.29, 1.82) is 0 Å². The Morgan fingerprint density at radius 3 is 2.76 bits per heavy atom. The van der Waals surface area contributed by atoms with Gasteiger partial charge in [-0.25, -0.2) is 0 Å². The number of rotatable bonds is 6. The molecule has 0 atom stereocenters. The van der Waals surface area contributed by atoms with Crippen LogP contribution >= 0.6 is 27.3 Å². The molecule has 0 saturated carbocycles. The lowest BCUT2D eigenvalue weighted by Gasteiger charge is -2.19. The van der Waals surface area contributed by atoms with Crippen LogP contribution in [-0.2, 0) is 9.53 Å². The number of nitrogens with zero attached hydrogens (tertiary/aromatic N) is 1. The fraction of sp³-hybridized carbons (Fsp3) is 0.400. The minimum atomic E-state index is -1.04. The average Bonchev–Trinajstić information content (AvgIpc) is 2.69. The molecular weight excluding hydrogens is 310 g/mol. The molecule has 0 radical (unpaired) electrons. The number of carbonyl (C=O) groups is 2. The van der Waals surface area contributed by atoms with Gasteiger partial charge in [-0.15, -0.1) is 11.3 Å². The Balaban J connectivity index is 2.78. The second-order valence-electron chi connectivity index (χ2n) is 3.21. The van der Waals surface area contributed by atoms with Crippen LogP contribution in [0.5, 0.6) is 0 Å². The number of hydrogen-bond acceptors (Lipinski definition) is 4. The number of aliphatic carboxylic acids is 1. The molecule has 0 spiro atoms. The Labute approximate surface area is 111 Å². The Bertz CT molecular complexity index is 407. The highest BCUT2D eigenvalue weighted by Gasteiger charge is 2.21. The van der Waals surface area contributed by atoms with E-state index in [1.54, 1.807) is 11.4 Å². The Morgan fingerprint density at radius 2 is 2.29 bits per heavy atom. The van der Waals surface area contributed by atoms with Gasteiger partial charge in [0.2, 0.25) is 0 Å². The maximum Gasteiger partial charge on any atom is 0.323 e. The summed E-state index contributed by atoms with van der Waals surface area (Å²) in [6, 6.07) is 1.76. The molecular formula is C10H12BrNO4S. The van der Waals surface area contributed by atoms with E-state index in [0.717, 1.165) is 0 Å². The van der Waals surface area contributed by atoms with Crippen LogP contribution in [-0.4, -0.2) is 48.7 Å². The molecule has 1 heterocycles. The summed E-state index contributed by atoms with van der Waals surface area (Å²) in [5, 5.41) is 10.5. The molecule has 0 fully saturated rings. The number of carboxylic acid groups (broad SMARTS) is 1. The van der Waals surface area contributed by atoms with Crippen LogP contribution in [0.4, 0.5) is 0 Å². The number of carbonyl (C=O) groups excluding carboxylic acids is 1. The number of carboxylic acids is 1. The summed E-state index contributed by atoms with van der Waals surface area (Å²) < 4.78 is 5.54. The molecule has 0 aromatic carbocycles. The number of ether oxygens (including phenoxy) is 1. The van der Waals surface area contributed by atoms with Crippen molar-refractivity contribution in [2.75, 3.05) is 26.8 Å². The first-order chi connectivity index (χ1) is 8.06. The van der Waals surface area contributed by atoms with Crippen LogP contribution in [0.3, 0.4) is 0 Å². The van der Waals surface area contributed by atoms with E-state index in [2.05, 4.69) is 15.9 Å². The molecule has 7 heteroatoms. The van der Waals surface area contributed by atoms with E-state index in [9.17, 15) is 9.59 Å². The van der Waals surface area contributed by atoms with Gasteiger partial charge in [0.05, 0.1) is 6.61 Å². The van der Waals surface area contributed by atoms with Crippen molar-refractivity contribution in [3.8, 4) is 0 Å². The lowest BCUT2D eigenvalue weighted by atomic mass is 10.3. The maximum absolute atomic E-state index is 12.1. The van der Waals surface area contributed by atoms with Gasteiger partial charge in [0, 0.05) is 18.1 Å². The summed E-state index contributed by atoms with van der Waals surface area (Å²) >= 11 is 4.53. The zero-order valence-electron chi connectivity index (χ0n) is 9.18. The van der Waals surface area contributed by atoms with E-state index in [1.165, 1.54) is 23.3 Å². The summed E-state index contributed by atoms with van der Waals surface area (Å²) in [5.74, 6) is -1.34. The number of halogens is 1. The quantitative estimate of drug-likeness (QED) is 0.865. The van der Waals surface area contributed by atoms with Gasteiger partial charge in [-0.05, 0) is 27.4 Å². The predicted octanol–water partition coefficient (Wildman–Crippen LogP) is 1.68. The highest BCUT2D eigenvalue weighted by Crippen LogP contribution is 2.24. The summed E-state index contributed by atoms with van der Waals surface area (Å²) in [6.45, 7) is 0.237. The third-order valence-corrected chi connectivity index (χ3v) is 3.82. The SMILES string of the molecule is COCCN(CC(=O)O)C(=O)c1sccc1Br. The van der Waals surface area contributed by atoms with E-state index in [1.807, 2.05) is 0 Å². The van der Waals surface area contributed by atoms with Crippen LogP contribution in [0.1, 0.15) is 9.67 Å². The van der Waals surface area contributed by atoms with Crippen molar-refractivity contribution < 1.29 is 19.4 Å². The molecule has 94 valence electrons. The standard InChI is InChI=1S/C10H12BrNO4S/c1-16-4-3-12(6-8(13)14)10(15)9-7(11)2-5-17-9/h2,5H,3-4,6H2,1H3,(H,13,14). The second-order valence-corrected chi connectivity index (χ2v) is 4.98. The lowest BCUT2D eigenvalue weighted by Crippen LogP contribution is -2.37. The van der Waals surface area contributed by atoms with Crippen molar-refractivity contribution in [3.05, 3.63) is 20.8 Å². The zero-order valence-corrected chi connectivity index (χ0v) is 11.6. The molecule has 0 aliphatic carbocycles. The van der Waals surface area contributed by atoms with E-state index in [0.29, 0.717) is 16.0 Å². The van der Waals surface area contributed by atoms with E-state index in [4.69, 9.17) is 9.84 Å². The smallest absolute Gasteiger partial charge is 0.323 e. The summed E-state index contributed by atoms with van der Waals surface area (Å²) in [7, 11) is 1.50. The fourth-order valence-corrected chi connectivity index (χ4v) is 2.71. The van der Waals surface area contributed by atoms with E-state index < -0.39 is 5.97 Å². The van der Waals surface area contributed by atoms with Gasteiger partial charge in [0.15, 0.2) is 0 Å². The Kier molecular flexibility index (Phi) is 5.60. The number of methoxy groups -OCH3 is 1. The Morgan fingerprint density at radius 1 is 1.59 bits per heavy atom. The number of hydrogen-bond donors (Lipinski definition) is 1. The zero-order chi connectivity index (χ0) is 12.8. The van der Waals surface area contributed by atoms with Crippen molar-refractivity contribution in [1.82, 2.24) is 4.90 Å². The molecule has 0 bridgehead atoms.